The molecular formula is C10H23NO. The molecule has 0 spiro atoms. The fraction of sp³-hybridized carbons (Fsp3) is 1.00. The Morgan fingerprint density at radius 3 is 1.92 bits per heavy atom. The van der Waals surface area contributed by atoms with E-state index in [-0.39, 0.29) is 6.10 Å². The van der Waals surface area contributed by atoms with E-state index in [1.54, 1.807) is 0 Å². The summed E-state index contributed by atoms with van der Waals surface area (Å²) in [5.74, 6) is 0. The number of nitrogens with zero attached hydrogens (tertiary/aromatic N) is 1. The van der Waals surface area contributed by atoms with Gasteiger partial charge in [-0.3, -0.25) is 0 Å². The topological polar surface area (TPSA) is 23.5 Å². The molecular weight excluding hydrogens is 150 g/mol. The van der Waals surface area contributed by atoms with Gasteiger partial charge < -0.3 is 10.0 Å². The predicted octanol–water partition coefficient (Wildman–Crippen LogP) is 1.88. The molecule has 0 aromatic heterocycles. The lowest BCUT2D eigenvalue weighted by molar-refractivity contribution is 0.109. The van der Waals surface area contributed by atoms with Gasteiger partial charge in [0.05, 0.1) is 6.10 Å². The molecule has 0 rings (SSSR count). The van der Waals surface area contributed by atoms with Crippen molar-refractivity contribution >= 4 is 0 Å². The van der Waals surface area contributed by atoms with Crippen LogP contribution in [0.5, 0.6) is 0 Å². The maximum absolute atomic E-state index is 9.44. The Morgan fingerprint density at radius 2 is 1.58 bits per heavy atom. The minimum absolute atomic E-state index is 0.136. The summed E-state index contributed by atoms with van der Waals surface area (Å²) in [6.07, 6.45) is 3.08. The molecule has 0 bridgehead atoms. The van der Waals surface area contributed by atoms with E-state index in [2.05, 4.69) is 18.7 Å². The molecule has 2 heteroatoms. The molecule has 0 saturated heterocycles. The summed E-state index contributed by atoms with van der Waals surface area (Å²) >= 11 is 0. The number of rotatable bonds is 7. The molecule has 0 heterocycles. The molecule has 1 atom stereocenters. The monoisotopic (exact) mass is 173 g/mol. The van der Waals surface area contributed by atoms with E-state index in [9.17, 15) is 5.11 Å². The first-order chi connectivity index (χ1) is 5.74. The molecule has 1 N–H and O–H groups in total. The summed E-state index contributed by atoms with van der Waals surface area (Å²) in [5.41, 5.74) is 0. The van der Waals surface area contributed by atoms with Crippen molar-refractivity contribution in [1.29, 1.82) is 0 Å². The third-order valence-corrected chi connectivity index (χ3v) is 2.02. The van der Waals surface area contributed by atoms with Gasteiger partial charge in [-0.05, 0) is 32.4 Å². The van der Waals surface area contributed by atoms with Gasteiger partial charge in [-0.2, -0.15) is 0 Å². The fourth-order valence-electron chi connectivity index (χ4n) is 1.35. The van der Waals surface area contributed by atoms with Gasteiger partial charge in [-0.1, -0.05) is 20.8 Å². The lowest BCUT2D eigenvalue weighted by atomic mass is 10.2. The molecule has 0 amide bonds. The van der Waals surface area contributed by atoms with Gasteiger partial charge in [0.2, 0.25) is 0 Å². The van der Waals surface area contributed by atoms with Gasteiger partial charge in [0.15, 0.2) is 0 Å². The summed E-state index contributed by atoms with van der Waals surface area (Å²) < 4.78 is 0. The molecule has 0 aliphatic rings. The SMILES string of the molecule is CCCN(CCC)CC(O)CC. The van der Waals surface area contributed by atoms with Gasteiger partial charge in [0, 0.05) is 6.54 Å². The van der Waals surface area contributed by atoms with Crippen LogP contribution >= 0.6 is 0 Å². The second-order valence-corrected chi connectivity index (χ2v) is 3.36. The molecule has 0 radical (unpaired) electrons. The first-order valence-corrected chi connectivity index (χ1v) is 5.14. The third-order valence-electron chi connectivity index (χ3n) is 2.02. The van der Waals surface area contributed by atoms with Crippen LogP contribution in [0.3, 0.4) is 0 Å². The van der Waals surface area contributed by atoms with Gasteiger partial charge in [-0.15, -0.1) is 0 Å². The first-order valence-electron chi connectivity index (χ1n) is 5.14. The van der Waals surface area contributed by atoms with Crippen molar-refractivity contribution in [2.75, 3.05) is 19.6 Å². The Labute approximate surface area is 76.6 Å². The van der Waals surface area contributed by atoms with Crippen LogP contribution in [0.15, 0.2) is 0 Å². The number of hydrogen-bond acceptors (Lipinski definition) is 2. The van der Waals surface area contributed by atoms with Crippen LogP contribution in [0.25, 0.3) is 0 Å². The zero-order valence-electron chi connectivity index (χ0n) is 8.71. The fourth-order valence-corrected chi connectivity index (χ4v) is 1.35. The molecule has 0 aromatic rings. The van der Waals surface area contributed by atoms with Gasteiger partial charge >= 0.3 is 0 Å². The van der Waals surface area contributed by atoms with Crippen LogP contribution in [0.4, 0.5) is 0 Å². The molecule has 0 aliphatic carbocycles. The highest BCUT2D eigenvalue weighted by Gasteiger charge is 2.07. The molecule has 2 nitrogen and oxygen atoms in total. The summed E-state index contributed by atoms with van der Waals surface area (Å²) in [6.45, 7) is 9.47. The standard InChI is InChI=1S/C10H23NO/c1-4-7-11(8-5-2)9-10(12)6-3/h10,12H,4-9H2,1-3H3. The summed E-state index contributed by atoms with van der Waals surface area (Å²) in [7, 11) is 0. The number of aliphatic hydroxyl groups is 1. The summed E-state index contributed by atoms with van der Waals surface area (Å²) in [6, 6.07) is 0. The molecule has 0 aliphatic heterocycles. The zero-order valence-corrected chi connectivity index (χ0v) is 8.71. The van der Waals surface area contributed by atoms with Crippen molar-refractivity contribution in [3.63, 3.8) is 0 Å². The van der Waals surface area contributed by atoms with Crippen LogP contribution in [-0.4, -0.2) is 35.7 Å². The van der Waals surface area contributed by atoms with Crippen molar-refractivity contribution in [2.45, 2.75) is 46.1 Å². The summed E-state index contributed by atoms with van der Waals surface area (Å²) in [5, 5.41) is 9.44. The van der Waals surface area contributed by atoms with E-state index in [1.807, 2.05) is 6.92 Å². The highest BCUT2D eigenvalue weighted by molar-refractivity contribution is 4.62. The lowest BCUT2D eigenvalue weighted by Gasteiger charge is -2.23. The number of aliphatic hydroxyl groups excluding tert-OH is 1. The highest BCUT2D eigenvalue weighted by Crippen LogP contribution is 1.99. The second-order valence-electron chi connectivity index (χ2n) is 3.36. The average molecular weight is 173 g/mol. The Bertz CT molecular complexity index is 89.8. The van der Waals surface area contributed by atoms with E-state index < -0.39 is 0 Å². The van der Waals surface area contributed by atoms with Gasteiger partial charge in [-0.25, -0.2) is 0 Å². The van der Waals surface area contributed by atoms with Crippen LogP contribution in [0.2, 0.25) is 0 Å². The van der Waals surface area contributed by atoms with E-state index in [1.165, 1.54) is 12.8 Å². The van der Waals surface area contributed by atoms with Crippen LogP contribution < -0.4 is 0 Å². The van der Waals surface area contributed by atoms with Crippen molar-refractivity contribution in [2.24, 2.45) is 0 Å². The third kappa shape index (κ3) is 5.56. The Hall–Kier alpha value is -0.0800. The van der Waals surface area contributed by atoms with E-state index in [0.717, 1.165) is 26.1 Å². The van der Waals surface area contributed by atoms with Crippen LogP contribution in [0.1, 0.15) is 40.0 Å². The Balaban J connectivity index is 3.61. The normalized spacial score (nSPS) is 13.8. The maximum atomic E-state index is 9.44. The molecule has 12 heavy (non-hydrogen) atoms. The predicted molar refractivity (Wildman–Crippen MR) is 53.3 cm³/mol. The van der Waals surface area contributed by atoms with Crippen molar-refractivity contribution in [1.82, 2.24) is 4.90 Å². The van der Waals surface area contributed by atoms with E-state index in [0.29, 0.717) is 0 Å². The van der Waals surface area contributed by atoms with E-state index in [4.69, 9.17) is 0 Å². The van der Waals surface area contributed by atoms with Crippen molar-refractivity contribution < 1.29 is 5.11 Å². The number of hydrogen-bond donors (Lipinski definition) is 1. The van der Waals surface area contributed by atoms with Crippen molar-refractivity contribution in [3.8, 4) is 0 Å². The molecule has 74 valence electrons. The maximum Gasteiger partial charge on any atom is 0.0664 e. The van der Waals surface area contributed by atoms with Gasteiger partial charge in [0.25, 0.3) is 0 Å². The van der Waals surface area contributed by atoms with Crippen molar-refractivity contribution in [3.05, 3.63) is 0 Å². The summed E-state index contributed by atoms with van der Waals surface area (Å²) in [4.78, 5) is 2.34. The molecule has 1 unspecified atom stereocenters. The smallest absolute Gasteiger partial charge is 0.0664 e. The largest absolute Gasteiger partial charge is 0.392 e. The average Bonchev–Trinajstić information content (AvgIpc) is 2.05. The zero-order chi connectivity index (χ0) is 9.40. The molecule has 0 saturated carbocycles. The minimum atomic E-state index is -0.136. The van der Waals surface area contributed by atoms with E-state index >= 15 is 0 Å². The highest BCUT2D eigenvalue weighted by atomic mass is 16.3. The van der Waals surface area contributed by atoms with Crippen LogP contribution in [0, 0.1) is 0 Å². The lowest BCUT2D eigenvalue weighted by Crippen LogP contribution is -2.33. The minimum Gasteiger partial charge on any atom is -0.392 e. The van der Waals surface area contributed by atoms with Crippen LogP contribution in [-0.2, 0) is 0 Å². The first kappa shape index (κ1) is 11.9. The Morgan fingerprint density at radius 1 is 1.08 bits per heavy atom. The van der Waals surface area contributed by atoms with Gasteiger partial charge in [0.1, 0.15) is 0 Å². The molecule has 0 aromatic carbocycles. The second kappa shape index (κ2) is 7.56. The quantitative estimate of drug-likeness (QED) is 0.635. The molecule has 0 fully saturated rings. The Kier molecular flexibility index (Phi) is 7.51.